The summed E-state index contributed by atoms with van der Waals surface area (Å²) in [7, 11) is 0. The Morgan fingerprint density at radius 2 is 1.95 bits per heavy atom. The highest BCUT2D eigenvalue weighted by molar-refractivity contribution is 7.15. The molecule has 1 fully saturated rings. The van der Waals surface area contributed by atoms with Gasteiger partial charge in [0.2, 0.25) is 11.7 Å². The summed E-state index contributed by atoms with van der Waals surface area (Å²) in [5.74, 6) is 1.13. The molecule has 0 unspecified atom stereocenters. The van der Waals surface area contributed by atoms with Gasteiger partial charge in [-0.15, -0.1) is 23.7 Å². The minimum absolute atomic E-state index is 0. The van der Waals surface area contributed by atoms with Crippen molar-refractivity contribution in [1.82, 2.24) is 15.0 Å². The molecule has 1 aliphatic heterocycles. The average Bonchev–Trinajstić information content (AvgIpc) is 3.05. The lowest BCUT2D eigenvalue weighted by atomic mass is 10.2. The lowest BCUT2D eigenvalue weighted by Crippen LogP contribution is -2.23. The van der Waals surface area contributed by atoms with Crippen LogP contribution in [0.15, 0.2) is 16.7 Å². The van der Waals surface area contributed by atoms with Crippen molar-refractivity contribution >= 4 is 23.7 Å². The lowest BCUT2D eigenvalue weighted by molar-refractivity contribution is 0.274. The van der Waals surface area contributed by atoms with Gasteiger partial charge in [-0.25, -0.2) is 0 Å². The molecule has 0 spiro atoms. The maximum atomic E-state index is 8.88. The van der Waals surface area contributed by atoms with E-state index in [-0.39, 0.29) is 19.0 Å². The second kappa shape index (κ2) is 8.62. The molecule has 2 aromatic rings. The third-order valence-electron chi connectivity index (χ3n) is 3.75. The van der Waals surface area contributed by atoms with Crippen LogP contribution in [0.25, 0.3) is 10.7 Å². The van der Waals surface area contributed by atoms with Crippen LogP contribution in [-0.2, 0) is 13.0 Å². The first-order valence-corrected chi connectivity index (χ1v) is 8.41. The third-order valence-corrected chi connectivity index (χ3v) is 4.82. The Hall–Kier alpha value is -0.950. The number of aromatic nitrogens is 2. The smallest absolute Gasteiger partial charge is 0.229 e. The molecule has 1 N–H and O–H groups in total. The van der Waals surface area contributed by atoms with Crippen LogP contribution in [0.3, 0.4) is 0 Å². The van der Waals surface area contributed by atoms with Gasteiger partial charge < -0.3 is 9.63 Å². The van der Waals surface area contributed by atoms with E-state index < -0.39 is 0 Å². The Morgan fingerprint density at radius 3 is 2.68 bits per heavy atom. The summed E-state index contributed by atoms with van der Waals surface area (Å²) < 4.78 is 5.11. The van der Waals surface area contributed by atoms with Gasteiger partial charge in [0.1, 0.15) is 0 Å². The van der Waals surface area contributed by atoms with E-state index in [2.05, 4.69) is 27.2 Å². The number of hydrogen-bond donors (Lipinski definition) is 1. The Morgan fingerprint density at radius 1 is 1.18 bits per heavy atom. The van der Waals surface area contributed by atoms with Gasteiger partial charge in [-0.1, -0.05) is 18.0 Å². The first-order chi connectivity index (χ1) is 10.3. The first kappa shape index (κ1) is 17.4. The van der Waals surface area contributed by atoms with Crippen molar-refractivity contribution in [2.75, 3.05) is 19.7 Å². The number of aliphatic hydroxyl groups is 1. The van der Waals surface area contributed by atoms with E-state index in [0.717, 1.165) is 11.4 Å². The van der Waals surface area contributed by atoms with Crippen molar-refractivity contribution in [2.24, 2.45) is 0 Å². The van der Waals surface area contributed by atoms with Gasteiger partial charge in [-0.05, 0) is 38.1 Å². The molecule has 7 heteroatoms. The summed E-state index contributed by atoms with van der Waals surface area (Å²) in [6, 6.07) is 4.22. The van der Waals surface area contributed by atoms with E-state index in [1.165, 1.54) is 43.6 Å². The van der Waals surface area contributed by atoms with Gasteiger partial charge in [-0.2, -0.15) is 4.98 Å². The van der Waals surface area contributed by atoms with Crippen LogP contribution in [0.2, 0.25) is 0 Å². The molecule has 0 amide bonds. The molecule has 0 atom stereocenters. The fraction of sp³-hybridized carbons (Fsp3) is 0.600. The molecular formula is C15H22ClN3O2S. The van der Waals surface area contributed by atoms with Gasteiger partial charge in [-0.3, -0.25) is 4.90 Å². The molecule has 1 saturated heterocycles. The Kier molecular flexibility index (Phi) is 6.82. The molecule has 0 aromatic carbocycles. The second-order valence-corrected chi connectivity index (χ2v) is 6.61. The average molecular weight is 344 g/mol. The molecule has 0 radical (unpaired) electrons. The zero-order valence-corrected chi connectivity index (χ0v) is 14.2. The minimum atomic E-state index is 0. The van der Waals surface area contributed by atoms with E-state index in [1.807, 2.05) is 0 Å². The SMILES string of the molecule is Cl.OCCc1nc(-c2ccc(CN3CCCCCC3)s2)no1. The van der Waals surface area contributed by atoms with Crippen LogP contribution in [0.1, 0.15) is 36.5 Å². The van der Waals surface area contributed by atoms with Gasteiger partial charge in [0, 0.05) is 11.4 Å². The van der Waals surface area contributed by atoms with Gasteiger partial charge in [0.25, 0.3) is 0 Å². The van der Waals surface area contributed by atoms with E-state index >= 15 is 0 Å². The molecule has 0 aliphatic carbocycles. The summed E-state index contributed by atoms with van der Waals surface area (Å²) in [6.07, 6.45) is 5.77. The van der Waals surface area contributed by atoms with E-state index in [4.69, 9.17) is 9.63 Å². The zero-order valence-electron chi connectivity index (χ0n) is 12.5. The monoisotopic (exact) mass is 343 g/mol. The molecule has 122 valence electrons. The summed E-state index contributed by atoms with van der Waals surface area (Å²) >= 11 is 1.73. The predicted molar refractivity (Wildman–Crippen MR) is 89.4 cm³/mol. The van der Waals surface area contributed by atoms with Crippen molar-refractivity contribution in [3.05, 3.63) is 22.9 Å². The summed E-state index contributed by atoms with van der Waals surface area (Å²) in [4.78, 5) is 9.22. The number of hydrogen-bond acceptors (Lipinski definition) is 6. The molecule has 2 aromatic heterocycles. The highest BCUT2D eigenvalue weighted by Gasteiger charge is 2.14. The quantitative estimate of drug-likeness (QED) is 0.903. The minimum Gasteiger partial charge on any atom is -0.396 e. The fourth-order valence-corrected chi connectivity index (χ4v) is 3.63. The zero-order chi connectivity index (χ0) is 14.5. The maximum absolute atomic E-state index is 8.88. The van der Waals surface area contributed by atoms with Crippen molar-refractivity contribution in [2.45, 2.75) is 38.6 Å². The number of nitrogens with zero attached hydrogens (tertiary/aromatic N) is 3. The lowest BCUT2D eigenvalue weighted by Gasteiger charge is -2.18. The number of likely N-dealkylation sites (tertiary alicyclic amines) is 1. The third kappa shape index (κ3) is 4.52. The largest absolute Gasteiger partial charge is 0.396 e. The van der Waals surface area contributed by atoms with Crippen LogP contribution in [-0.4, -0.2) is 39.8 Å². The predicted octanol–water partition coefficient (Wildman–Crippen LogP) is 3.13. The van der Waals surface area contributed by atoms with Gasteiger partial charge in [0.15, 0.2) is 0 Å². The Bertz CT molecular complexity index is 565. The van der Waals surface area contributed by atoms with Crippen LogP contribution < -0.4 is 0 Å². The van der Waals surface area contributed by atoms with Gasteiger partial charge in [0.05, 0.1) is 17.9 Å². The second-order valence-electron chi connectivity index (χ2n) is 5.44. The van der Waals surface area contributed by atoms with Crippen molar-refractivity contribution < 1.29 is 9.63 Å². The van der Waals surface area contributed by atoms with Crippen LogP contribution in [0, 0.1) is 0 Å². The maximum Gasteiger partial charge on any atom is 0.229 e. The van der Waals surface area contributed by atoms with Crippen LogP contribution in [0.4, 0.5) is 0 Å². The molecule has 22 heavy (non-hydrogen) atoms. The summed E-state index contributed by atoms with van der Waals surface area (Å²) in [5.41, 5.74) is 0. The van der Waals surface area contributed by atoms with E-state index in [9.17, 15) is 0 Å². The first-order valence-electron chi connectivity index (χ1n) is 7.60. The molecule has 1 aliphatic rings. The number of halogens is 1. The molecule has 3 rings (SSSR count). The van der Waals surface area contributed by atoms with Crippen molar-refractivity contribution in [3.8, 4) is 10.7 Å². The van der Waals surface area contributed by atoms with Crippen LogP contribution >= 0.6 is 23.7 Å². The van der Waals surface area contributed by atoms with Gasteiger partial charge >= 0.3 is 0 Å². The highest BCUT2D eigenvalue weighted by Crippen LogP contribution is 2.27. The number of aliphatic hydroxyl groups excluding tert-OH is 1. The van der Waals surface area contributed by atoms with Crippen molar-refractivity contribution in [1.29, 1.82) is 0 Å². The Labute approximate surface area is 140 Å². The van der Waals surface area contributed by atoms with E-state index in [1.54, 1.807) is 11.3 Å². The van der Waals surface area contributed by atoms with Crippen molar-refractivity contribution in [3.63, 3.8) is 0 Å². The summed E-state index contributed by atoms with van der Waals surface area (Å²) in [6.45, 7) is 3.46. The normalized spacial score (nSPS) is 16.2. The highest BCUT2D eigenvalue weighted by atomic mass is 35.5. The molecule has 3 heterocycles. The molecule has 5 nitrogen and oxygen atoms in total. The molecule has 0 saturated carbocycles. The number of thiophene rings is 1. The fourth-order valence-electron chi connectivity index (χ4n) is 2.65. The van der Waals surface area contributed by atoms with E-state index in [0.29, 0.717) is 18.1 Å². The van der Waals surface area contributed by atoms with Crippen LogP contribution in [0.5, 0.6) is 0 Å². The Balaban J connectivity index is 0.00000176. The summed E-state index contributed by atoms with van der Waals surface area (Å²) in [5, 5.41) is 12.9. The standard InChI is InChI=1S/C15H21N3O2S.ClH/c19-10-7-14-16-15(17-20-14)13-6-5-12(21-13)11-18-8-3-1-2-4-9-18;/h5-6,19H,1-4,7-11H2;1H. The molecule has 0 bridgehead atoms. The molecular weight excluding hydrogens is 322 g/mol. The topological polar surface area (TPSA) is 62.4 Å². The number of rotatable bonds is 5.